The van der Waals surface area contributed by atoms with E-state index in [2.05, 4.69) is 20.1 Å². The van der Waals surface area contributed by atoms with Gasteiger partial charge < -0.3 is 25.4 Å². The van der Waals surface area contributed by atoms with Crippen LogP contribution in [0, 0.1) is 22.7 Å². The minimum absolute atomic E-state index is 0.0364. The number of nitrogen functional groups attached to an aromatic ring is 1. The Morgan fingerprint density at radius 2 is 2.00 bits per heavy atom. The Bertz CT molecular complexity index is 1220. The van der Waals surface area contributed by atoms with Crippen LogP contribution >= 0.6 is 11.8 Å². The summed E-state index contributed by atoms with van der Waals surface area (Å²) < 4.78 is 11.1. The summed E-state index contributed by atoms with van der Waals surface area (Å²) in [6.07, 6.45) is 0. The molecule has 0 unspecified atom stereocenters. The van der Waals surface area contributed by atoms with E-state index >= 15 is 0 Å². The molecule has 11 nitrogen and oxygen atoms in total. The third-order valence-electron chi connectivity index (χ3n) is 4.20. The molecule has 0 spiro atoms. The second-order valence-electron chi connectivity index (χ2n) is 6.28. The van der Waals surface area contributed by atoms with Crippen LogP contribution in [-0.4, -0.2) is 28.5 Å². The Kier molecular flexibility index (Phi) is 6.77. The van der Waals surface area contributed by atoms with E-state index in [1.54, 1.807) is 24.3 Å². The number of aromatic nitrogens is 3. The fourth-order valence-electron chi connectivity index (χ4n) is 2.85. The number of carbonyl (C=O) groups excluding carboxylic acids is 1. The molecule has 3 aromatic rings. The first-order valence-corrected chi connectivity index (χ1v) is 10.2. The molecule has 0 saturated carbocycles. The molecule has 32 heavy (non-hydrogen) atoms. The number of thioether (sulfide) groups is 1. The molecule has 2 heterocycles. The maximum Gasteiger partial charge on any atom is 0.266 e. The molecule has 0 fully saturated rings. The molecule has 0 aliphatic carbocycles. The Hall–Kier alpha value is -4.29. The number of aryl methyl sites for hydroxylation is 1. The monoisotopic (exact) mass is 451 g/mol. The van der Waals surface area contributed by atoms with Crippen molar-refractivity contribution in [3.63, 3.8) is 0 Å². The number of nitrogens with one attached hydrogen (secondary N) is 1. The molecule has 2 aromatic heterocycles. The second-order valence-corrected chi connectivity index (χ2v) is 7.24. The van der Waals surface area contributed by atoms with Crippen LogP contribution in [0.3, 0.4) is 0 Å². The maximum absolute atomic E-state index is 12.4. The first kappa shape index (κ1) is 22.4. The number of nitriles is 2. The van der Waals surface area contributed by atoms with E-state index < -0.39 is 5.95 Å². The molecular weight excluding hydrogens is 434 g/mol. The van der Waals surface area contributed by atoms with Gasteiger partial charge in [-0.1, -0.05) is 16.4 Å². The van der Waals surface area contributed by atoms with Crippen molar-refractivity contribution in [3.05, 3.63) is 35.4 Å². The Morgan fingerprint density at radius 3 is 2.56 bits per heavy atom. The number of hydrogen-bond donors (Lipinski definition) is 2. The third kappa shape index (κ3) is 4.55. The van der Waals surface area contributed by atoms with E-state index in [0.29, 0.717) is 18.0 Å². The molecule has 0 aliphatic heterocycles. The van der Waals surface area contributed by atoms with Gasteiger partial charge in [-0.25, -0.2) is 4.98 Å². The summed E-state index contributed by atoms with van der Waals surface area (Å²) in [7, 11) is 1.43. The summed E-state index contributed by atoms with van der Waals surface area (Å²) in [5, 5.41) is 37.7. The first-order valence-electron chi connectivity index (χ1n) is 9.22. The van der Waals surface area contributed by atoms with Gasteiger partial charge in [0.15, 0.2) is 13.0 Å². The lowest BCUT2D eigenvalue weighted by atomic mass is 10.0. The summed E-state index contributed by atoms with van der Waals surface area (Å²) in [5.41, 5.74) is 6.09. The lowest BCUT2D eigenvalue weighted by molar-refractivity contribution is -0.730. The molecule has 0 saturated heterocycles. The van der Waals surface area contributed by atoms with Crippen LogP contribution < -0.4 is 25.6 Å². The van der Waals surface area contributed by atoms with Gasteiger partial charge in [0.05, 0.1) is 28.8 Å². The average molecular weight is 451 g/mol. The molecule has 3 N–H and O–H groups in total. The van der Waals surface area contributed by atoms with E-state index in [4.69, 9.17) is 10.5 Å². The minimum atomic E-state index is -0.838. The topological polar surface area (TPSA) is 178 Å². The number of pyridine rings is 1. The normalized spacial score (nSPS) is 10.2. The SMILES string of the molecule is CCOc1ccc(NC(=O)CSc2nc(N)c(C#N)c(-c3c([O-])on[n+]3C)c2C#N)cc1. The van der Waals surface area contributed by atoms with Crippen molar-refractivity contribution >= 4 is 29.2 Å². The highest BCUT2D eigenvalue weighted by Crippen LogP contribution is 2.36. The molecule has 1 aromatic carbocycles. The van der Waals surface area contributed by atoms with Crippen molar-refractivity contribution in [1.29, 1.82) is 10.5 Å². The van der Waals surface area contributed by atoms with Gasteiger partial charge in [0, 0.05) is 5.69 Å². The molecule has 0 radical (unpaired) electrons. The number of hydrogen-bond acceptors (Lipinski definition) is 10. The second kappa shape index (κ2) is 9.68. The van der Waals surface area contributed by atoms with Crippen molar-refractivity contribution in [2.75, 3.05) is 23.4 Å². The quantitative estimate of drug-likeness (QED) is 0.390. The van der Waals surface area contributed by atoms with Crippen LogP contribution in [0.5, 0.6) is 11.7 Å². The number of nitrogens with two attached hydrogens (primary N) is 1. The first-order chi connectivity index (χ1) is 15.4. The van der Waals surface area contributed by atoms with Gasteiger partial charge in [0.25, 0.3) is 5.69 Å². The molecule has 162 valence electrons. The zero-order valence-corrected chi connectivity index (χ0v) is 17.9. The Labute approximate surface area is 187 Å². The molecule has 0 atom stereocenters. The predicted octanol–water partition coefficient (Wildman–Crippen LogP) is 1.09. The maximum atomic E-state index is 12.4. The highest BCUT2D eigenvalue weighted by molar-refractivity contribution is 8.00. The van der Waals surface area contributed by atoms with Gasteiger partial charge in [-0.3, -0.25) is 4.79 Å². The number of ether oxygens (including phenoxy) is 1. The molecule has 3 rings (SSSR count). The van der Waals surface area contributed by atoms with Gasteiger partial charge in [0.1, 0.15) is 34.3 Å². The lowest BCUT2D eigenvalue weighted by Crippen LogP contribution is -2.32. The van der Waals surface area contributed by atoms with E-state index in [9.17, 15) is 20.4 Å². The van der Waals surface area contributed by atoms with E-state index in [0.717, 1.165) is 16.4 Å². The number of carbonyl (C=O) groups is 1. The van der Waals surface area contributed by atoms with Crippen molar-refractivity contribution < 1.29 is 23.8 Å². The summed E-state index contributed by atoms with van der Waals surface area (Å²) in [6.45, 7) is 2.41. The zero-order chi connectivity index (χ0) is 23.3. The fourth-order valence-corrected chi connectivity index (χ4v) is 3.64. The summed E-state index contributed by atoms with van der Waals surface area (Å²) in [4.78, 5) is 16.5. The standard InChI is InChI=1S/C20H17N7O4S/c1-3-30-12-6-4-11(5-7-12)24-15(28)10-32-19-14(9-22)16(13(8-21)18(23)25-19)17-20(29)31-26-27(17)2/h4-7H,3,10H2,1-2H3,(H3-,23,24,25,26,28,29). The van der Waals surface area contributed by atoms with Crippen LogP contribution in [0.2, 0.25) is 0 Å². The van der Waals surface area contributed by atoms with Gasteiger partial charge in [-0.2, -0.15) is 10.5 Å². The minimum Gasteiger partial charge on any atom is -0.539 e. The molecule has 0 aliphatic rings. The average Bonchev–Trinajstić information content (AvgIpc) is 3.11. The number of anilines is 2. The summed E-state index contributed by atoms with van der Waals surface area (Å²) >= 11 is 0.945. The lowest BCUT2D eigenvalue weighted by Gasteiger charge is -2.11. The highest BCUT2D eigenvalue weighted by Gasteiger charge is 2.29. The van der Waals surface area contributed by atoms with E-state index in [1.165, 1.54) is 7.05 Å². The number of rotatable bonds is 7. The Morgan fingerprint density at radius 1 is 1.31 bits per heavy atom. The predicted molar refractivity (Wildman–Crippen MR) is 111 cm³/mol. The van der Waals surface area contributed by atoms with E-state index in [1.807, 2.05) is 19.1 Å². The van der Waals surface area contributed by atoms with Crippen LogP contribution in [0.15, 0.2) is 33.8 Å². The smallest absolute Gasteiger partial charge is 0.266 e. The largest absolute Gasteiger partial charge is 0.539 e. The highest BCUT2D eigenvalue weighted by atomic mass is 32.2. The van der Waals surface area contributed by atoms with E-state index in [-0.39, 0.29) is 44.9 Å². The Balaban J connectivity index is 1.86. The van der Waals surface area contributed by atoms with Crippen LogP contribution in [0.25, 0.3) is 11.3 Å². The van der Waals surface area contributed by atoms with Crippen LogP contribution in [0.1, 0.15) is 18.1 Å². The van der Waals surface area contributed by atoms with Crippen molar-refractivity contribution in [3.8, 4) is 35.1 Å². The van der Waals surface area contributed by atoms with Crippen molar-refractivity contribution in [2.24, 2.45) is 7.05 Å². The summed E-state index contributed by atoms with van der Waals surface area (Å²) in [5.74, 6) is -0.788. The van der Waals surface area contributed by atoms with Crippen molar-refractivity contribution in [1.82, 2.24) is 10.3 Å². The molecule has 12 heteroatoms. The molecule has 0 bridgehead atoms. The van der Waals surface area contributed by atoms with Crippen LogP contribution in [-0.2, 0) is 11.8 Å². The fraction of sp³-hybridized carbons (Fsp3) is 0.200. The number of amides is 1. The third-order valence-corrected chi connectivity index (χ3v) is 5.18. The zero-order valence-electron chi connectivity index (χ0n) is 17.1. The van der Waals surface area contributed by atoms with Gasteiger partial charge in [-0.05, 0) is 31.2 Å². The molecule has 1 amide bonds. The van der Waals surface area contributed by atoms with Gasteiger partial charge in [-0.15, -0.1) is 0 Å². The summed E-state index contributed by atoms with van der Waals surface area (Å²) in [6, 6.07) is 10.7. The van der Waals surface area contributed by atoms with Crippen LogP contribution in [0.4, 0.5) is 11.5 Å². The van der Waals surface area contributed by atoms with Gasteiger partial charge >= 0.3 is 0 Å². The van der Waals surface area contributed by atoms with Gasteiger partial charge in [0.2, 0.25) is 5.91 Å². The number of benzene rings is 1. The molecular formula is C20H17N7O4S. The van der Waals surface area contributed by atoms with Crippen molar-refractivity contribution in [2.45, 2.75) is 11.9 Å². The number of nitrogens with zero attached hydrogens (tertiary/aromatic N) is 5.